The number of benzene rings is 1. The molecule has 0 spiro atoms. The number of carbonyl (C=O) groups excluding carboxylic acids is 5. The first kappa shape index (κ1) is 44.7. The number of amides is 3. The molecule has 1 aliphatic carbocycles. The molecule has 1 aromatic carbocycles. The first-order chi connectivity index (χ1) is 25.9. The van der Waals surface area contributed by atoms with E-state index in [2.05, 4.69) is 43.2 Å². The molecule has 2 aliphatic rings. The largest absolute Gasteiger partial charge is 0.439 e. The minimum Gasteiger partial charge on any atom is -0.439 e. The zero-order valence-electron chi connectivity index (χ0n) is 33.7. The molecule has 5 N–H and O–H groups in total. The van der Waals surface area contributed by atoms with Crippen LogP contribution in [0.1, 0.15) is 84.2 Å². The van der Waals surface area contributed by atoms with E-state index in [-0.39, 0.29) is 41.3 Å². The number of nitrogens with two attached hydrogens (primary N) is 1. The van der Waals surface area contributed by atoms with Gasteiger partial charge in [-0.1, -0.05) is 50.3 Å². The molecule has 3 rings (SSSR count). The first-order valence-electron chi connectivity index (χ1n) is 18.6. The molecule has 1 aliphatic heterocycles. The Morgan fingerprint density at radius 1 is 1.02 bits per heavy atom. The highest BCUT2D eigenvalue weighted by Gasteiger charge is 2.34. The highest BCUT2D eigenvalue weighted by atomic mass is 16.6. The molecule has 0 radical (unpaired) electrons. The lowest BCUT2D eigenvalue weighted by Crippen LogP contribution is -2.38. The second kappa shape index (κ2) is 20.3. The van der Waals surface area contributed by atoms with Gasteiger partial charge in [0, 0.05) is 61.6 Å². The highest BCUT2D eigenvalue weighted by Crippen LogP contribution is 2.29. The molecule has 0 fully saturated rings. The fraction of sp³-hybridized carbons (Fsp3) is 0.500. The van der Waals surface area contributed by atoms with Crippen LogP contribution >= 0.6 is 0 Å². The summed E-state index contributed by atoms with van der Waals surface area (Å²) in [6, 6.07) is 7.75. The predicted molar refractivity (Wildman–Crippen MR) is 209 cm³/mol. The number of ketones is 2. The van der Waals surface area contributed by atoms with Crippen molar-refractivity contribution in [3.63, 3.8) is 0 Å². The quantitative estimate of drug-likeness (QED) is 0.201. The summed E-state index contributed by atoms with van der Waals surface area (Å²) in [6.07, 6.45) is 3.04. The number of Topliss-reactive ketones (excluding diaryl/α,β-unsaturated/α-hetero) is 1. The molecule has 2 bridgehead atoms. The first-order valence-corrected chi connectivity index (χ1v) is 18.6. The number of hydrogen-bond donors (Lipinski definition) is 4. The third-order valence-electron chi connectivity index (χ3n) is 9.94. The fourth-order valence-corrected chi connectivity index (χ4v) is 6.84. The van der Waals surface area contributed by atoms with Gasteiger partial charge in [-0.2, -0.15) is 0 Å². The summed E-state index contributed by atoms with van der Waals surface area (Å²) in [7, 11) is 2.88. The van der Waals surface area contributed by atoms with Crippen molar-refractivity contribution < 1.29 is 43.3 Å². The third-order valence-corrected chi connectivity index (χ3v) is 9.94. The van der Waals surface area contributed by atoms with E-state index < -0.39 is 59.8 Å². The van der Waals surface area contributed by atoms with Gasteiger partial charge < -0.3 is 35.7 Å². The van der Waals surface area contributed by atoms with Crippen LogP contribution in [0.3, 0.4) is 0 Å². The summed E-state index contributed by atoms with van der Waals surface area (Å²) in [4.78, 5) is 68.8. The van der Waals surface area contributed by atoms with Crippen molar-refractivity contribution in [2.75, 3.05) is 14.2 Å². The maximum Gasteiger partial charge on any atom is 0.405 e. The van der Waals surface area contributed by atoms with Crippen LogP contribution in [0.25, 0.3) is 0 Å². The lowest BCUT2D eigenvalue weighted by atomic mass is 9.85. The fourth-order valence-electron chi connectivity index (χ4n) is 6.84. The van der Waals surface area contributed by atoms with Crippen molar-refractivity contribution in [3.8, 4) is 0 Å². The molecule has 1 heterocycles. The number of allylic oxidation sites excluding steroid dienone is 4. The van der Waals surface area contributed by atoms with Crippen molar-refractivity contribution in [2.45, 2.75) is 111 Å². The van der Waals surface area contributed by atoms with Crippen LogP contribution in [-0.4, -0.2) is 90.2 Å². The lowest BCUT2D eigenvalue weighted by molar-refractivity contribution is -0.120. The van der Waals surface area contributed by atoms with Gasteiger partial charge >= 0.3 is 6.09 Å². The highest BCUT2D eigenvalue weighted by molar-refractivity contribution is 6.24. The molecule has 13 nitrogen and oxygen atoms in total. The van der Waals surface area contributed by atoms with Crippen LogP contribution in [0, 0.1) is 11.8 Å². The lowest BCUT2D eigenvalue weighted by Gasteiger charge is -2.30. The second-order valence-electron chi connectivity index (χ2n) is 14.9. The maximum atomic E-state index is 14.1. The monoisotopic (exact) mass is 762 g/mol. The van der Waals surface area contributed by atoms with E-state index in [0.717, 1.165) is 11.6 Å². The van der Waals surface area contributed by atoms with Gasteiger partial charge in [0.25, 0.3) is 11.8 Å². The van der Waals surface area contributed by atoms with Gasteiger partial charge in [-0.05, 0) is 83.6 Å². The molecule has 55 heavy (non-hydrogen) atoms. The minimum absolute atomic E-state index is 0.0179. The number of primary amides is 1. The van der Waals surface area contributed by atoms with Gasteiger partial charge in [0.15, 0.2) is 6.10 Å². The minimum atomic E-state index is -1.04. The topological polar surface area (TPSA) is 187 Å². The molecular weight excluding hydrogens is 704 g/mol. The van der Waals surface area contributed by atoms with Crippen molar-refractivity contribution >= 4 is 29.5 Å². The molecule has 0 saturated carbocycles. The van der Waals surface area contributed by atoms with Crippen molar-refractivity contribution in [1.82, 2.24) is 15.5 Å². The Balaban J connectivity index is 2.04. The summed E-state index contributed by atoms with van der Waals surface area (Å²) in [5.41, 5.74) is 7.06. The van der Waals surface area contributed by atoms with Gasteiger partial charge in [-0.3, -0.25) is 24.1 Å². The van der Waals surface area contributed by atoms with E-state index in [4.69, 9.17) is 19.9 Å². The summed E-state index contributed by atoms with van der Waals surface area (Å²) < 4.78 is 16.7. The summed E-state index contributed by atoms with van der Waals surface area (Å²) in [6.45, 7) is 16.1. The van der Waals surface area contributed by atoms with E-state index in [1.165, 1.54) is 33.3 Å². The van der Waals surface area contributed by atoms with E-state index in [0.29, 0.717) is 29.8 Å². The van der Waals surface area contributed by atoms with E-state index in [1.54, 1.807) is 38.1 Å². The number of nitrogens with zero attached hydrogens (tertiary/aromatic N) is 1. The maximum absolute atomic E-state index is 14.1. The average Bonchev–Trinajstić information content (AvgIpc) is 3.12. The van der Waals surface area contributed by atoms with Crippen molar-refractivity contribution in [1.29, 1.82) is 0 Å². The van der Waals surface area contributed by atoms with Crippen LogP contribution < -0.4 is 16.4 Å². The summed E-state index contributed by atoms with van der Waals surface area (Å²) >= 11 is 0. The Bertz CT molecular complexity index is 1730. The molecule has 300 valence electrons. The Labute approximate surface area is 324 Å². The molecule has 3 amide bonds. The Hall–Kier alpha value is -4.69. The van der Waals surface area contributed by atoms with Crippen LogP contribution in [0.4, 0.5) is 4.79 Å². The molecule has 1 aromatic rings. The SMILES string of the molecule is CO[C@H]1/C=C\C=C(/C)C(=O)NC2=CC(=O)C(NC(=O)c3ccc(CN(C(C)C)C(C)C)cc3)=C(C[C@@H](C)C[C@H](OC)[C@H](O)[C@@H](C)/C=C(\C)[C@H]1OC(N)=O)C2=O. The van der Waals surface area contributed by atoms with E-state index in [9.17, 15) is 29.1 Å². The number of hydrogen-bond acceptors (Lipinski definition) is 10. The molecular formula is C42H58N4O9. The molecule has 0 unspecified atom stereocenters. The number of aliphatic hydroxyl groups excluding tert-OH is 1. The number of fused-ring (bicyclic) bond motifs is 2. The van der Waals surface area contributed by atoms with Gasteiger partial charge in [-0.15, -0.1) is 0 Å². The van der Waals surface area contributed by atoms with Crippen LogP contribution in [0.2, 0.25) is 0 Å². The Kier molecular flexibility index (Phi) is 16.5. The number of rotatable bonds is 9. The smallest absolute Gasteiger partial charge is 0.405 e. The molecule has 6 atom stereocenters. The normalized spacial score (nSPS) is 27.2. The average molecular weight is 763 g/mol. The van der Waals surface area contributed by atoms with Gasteiger partial charge in [-0.25, -0.2) is 4.79 Å². The summed E-state index contributed by atoms with van der Waals surface area (Å²) in [5.74, 6) is -3.35. The standard InChI is InChI=1S/C42H58N4O9/c1-23(2)46(24(3)4)22-29-14-16-30(17-15-29)41(51)45-36-31-18-25(5)19-35(54-10)37(48)27(7)20-28(8)39(55-42(43)52)34(53-9)13-11-12-26(6)40(50)44-32(38(31)49)21-33(36)47/h11-17,20-21,23-25,27,34-35,37,39,48H,18-19,22H2,1-10H3,(H2,43,52)(H,44,50)(H,45,51)/b13-11-,26-12+,28-20+/t25-,27+,34+,35+,37-,39-/m1/s1. The number of carbonyl (C=O) groups is 5. The number of methoxy groups -OCH3 is 2. The molecule has 13 heteroatoms. The second-order valence-corrected chi connectivity index (χ2v) is 14.9. The Morgan fingerprint density at radius 2 is 1.65 bits per heavy atom. The van der Waals surface area contributed by atoms with E-state index in [1.807, 2.05) is 19.1 Å². The zero-order chi connectivity index (χ0) is 41.1. The Morgan fingerprint density at radius 3 is 2.22 bits per heavy atom. The number of aliphatic hydroxyl groups is 1. The van der Waals surface area contributed by atoms with Crippen LogP contribution in [0.5, 0.6) is 0 Å². The van der Waals surface area contributed by atoms with Gasteiger partial charge in [0.2, 0.25) is 11.6 Å². The third kappa shape index (κ3) is 12.1. The van der Waals surface area contributed by atoms with Crippen molar-refractivity contribution in [2.24, 2.45) is 17.6 Å². The number of ether oxygens (including phenoxy) is 3. The van der Waals surface area contributed by atoms with Gasteiger partial charge in [0.1, 0.15) is 6.10 Å². The van der Waals surface area contributed by atoms with Gasteiger partial charge in [0.05, 0.1) is 23.6 Å². The van der Waals surface area contributed by atoms with Crippen LogP contribution in [0.15, 0.2) is 82.8 Å². The number of nitrogens with one attached hydrogen (secondary N) is 2. The summed E-state index contributed by atoms with van der Waals surface area (Å²) in [5, 5.41) is 16.7. The molecule has 0 saturated heterocycles. The van der Waals surface area contributed by atoms with Crippen LogP contribution in [-0.2, 0) is 35.1 Å². The predicted octanol–water partition coefficient (Wildman–Crippen LogP) is 4.81. The molecule has 0 aromatic heterocycles. The zero-order valence-corrected chi connectivity index (χ0v) is 33.7. The van der Waals surface area contributed by atoms with E-state index >= 15 is 0 Å². The van der Waals surface area contributed by atoms with Crippen molar-refractivity contribution in [3.05, 3.63) is 93.9 Å².